The summed E-state index contributed by atoms with van der Waals surface area (Å²) in [6.07, 6.45) is 0. The van der Waals surface area contributed by atoms with Crippen LogP contribution < -0.4 is 0 Å². The minimum absolute atomic E-state index is 0.0219. The predicted octanol–water partition coefficient (Wildman–Crippen LogP) is 1.22. The molecule has 7 nitrogen and oxygen atoms in total. The van der Waals surface area contributed by atoms with Gasteiger partial charge in [0.2, 0.25) is 0 Å². The Bertz CT molecular complexity index is 489. The number of rotatable bonds is 5. The van der Waals surface area contributed by atoms with Gasteiger partial charge in [0.25, 0.3) is 0 Å². The zero-order chi connectivity index (χ0) is 15.1. The molecule has 0 N–H and O–H groups in total. The fourth-order valence-electron chi connectivity index (χ4n) is 1.39. The summed E-state index contributed by atoms with van der Waals surface area (Å²) in [4.78, 5) is 38.7. The van der Waals surface area contributed by atoms with Crippen LogP contribution in [0.5, 0.6) is 0 Å². The van der Waals surface area contributed by atoms with Crippen LogP contribution in [0.1, 0.15) is 45.2 Å². The molecule has 1 rings (SSSR count). The molecule has 0 atom stereocenters. The molecule has 0 bridgehead atoms. The van der Waals surface area contributed by atoms with Gasteiger partial charge >= 0.3 is 17.9 Å². The molecular formula is C13H15NO6. The highest BCUT2D eigenvalue weighted by Crippen LogP contribution is 2.10. The summed E-state index contributed by atoms with van der Waals surface area (Å²) < 4.78 is 14.1. The van der Waals surface area contributed by atoms with Crippen molar-refractivity contribution in [2.24, 2.45) is 0 Å². The van der Waals surface area contributed by atoms with E-state index in [0.717, 1.165) is 0 Å². The third-order valence-corrected chi connectivity index (χ3v) is 2.22. The van der Waals surface area contributed by atoms with E-state index >= 15 is 0 Å². The molecule has 0 saturated carbocycles. The average molecular weight is 281 g/mol. The summed E-state index contributed by atoms with van der Waals surface area (Å²) in [5.74, 6) is -2.16. The van der Waals surface area contributed by atoms with Gasteiger partial charge in [0.15, 0.2) is 0 Å². The molecule has 7 heteroatoms. The number of hydrogen-bond acceptors (Lipinski definition) is 7. The monoisotopic (exact) mass is 281 g/mol. The number of carbonyl (C=O) groups is 3. The van der Waals surface area contributed by atoms with E-state index in [1.165, 1.54) is 19.2 Å². The summed E-state index contributed by atoms with van der Waals surface area (Å²) in [6, 6.07) is 2.40. The maximum atomic E-state index is 11.7. The van der Waals surface area contributed by atoms with Crippen LogP contribution >= 0.6 is 0 Å². The molecule has 1 aromatic heterocycles. The van der Waals surface area contributed by atoms with Gasteiger partial charge in [0.1, 0.15) is 11.4 Å². The highest BCUT2D eigenvalue weighted by Gasteiger charge is 2.19. The van der Waals surface area contributed by atoms with Crippen molar-refractivity contribution in [3.63, 3.8) is 0 Å². The van der Waals surface area contributed by atoms with Crippen molar-refractivity contribution in [1.29, 1.82) is 0 Å². The van der Waals surface area contributed by atoms with Gasteiger partial charge in [-0.25, -0.2) is 19.4 Å². The minimum Gasteiger partial charge on any atom is -0.465 e. The first kappa shape index (κ1) is 15.6. The average Bonchev–Trinajstić information content (AvgIpc) is 2.46. The molecule has 0 amide bonds. The van der Waals surface area contributed by atoms with Crippen molar-refractivity contribution in [2.75, 3.05) is 20.3 Å². The lowest BCUT2D eigenvalue weighted by Gasteiger charge is -2.07. The second-order valence-corrected chi connectivity index (χ2v) is 3.56. The highest BCUT2D eigenvalue weighted by molar-refractivity contribution is 5.97. The van der Waals surface area contributed by atoms with Crippen LogP contribution in [0.25, 0.3) is 0 Å². The van der Waals surface area contributed by atoms with Crippen molar-refractivity contribution in [3.8, 4) is 0 Å². The normalized spacial score (nSPS) is 9.75. The summed E-state index contributed by atoms with van der Waals surface area (Å²) in [6.45, 7) is 3.57. The smallest absolute Gasteiger partial charge is 0.356 e. The Kier molecular flexibility index (Phi) is 5.64. The third-order valence-electron chi connectivity index (χ3n) is 2.22. The predicted molar refractivity (Wildman–Crippen MR) is 67.5 cm³/mol. The number of nitrogens with zero attached hydrogens (tertiary/aromatic N) is 1. The molecule has 0 aliphatic carbocycles. The lowest BCUT2D eigenvalue weighted by Crippen LogP contribution is -2.15. The Morgan fingerprint density at radius 3 is 1.75 bits per heavy atom. The van der Waals surface area contributed by atoms with Crippen molar-refractivity contribution >= 4 is 17.9 Å². The van der Waals surface area contributed by atoms with Gasteiger partial charge < -0.3 is 14.2 Å². The number of carbonyl (C=O) groups excluding carboxylic acids is 3. The van der Waals surface area contributed by atoms with Crippen molar-refractivity contribution < 1.29 is 28.6 Å². The Morgan fingerprint density at radius 1 is 0.950 bits per heavy atom. The van der Waals surface area contributed by atoms with Gasteiger partial charge in [-0.1, -0.05) is 0 Å². The van der Waals surface area contributed by atoms with Crippen LogP contribution in [0.2, 0.25) is 0 Å². The fourth-order valence-corrected chi connectivity index (χ4v) is 1.39. The highest BCUT2D eigenvalue weighted by atomic mass is 16.5. The number of esters is 3. The number of pyridine rings is 1. The van der Waals surface area contributed by atoms with E-state index in [-0.39, 0.29) is 30.2 Å². The van der Waals surface area contributed by atoms with Crippen LogP contribution in [-0.4, -0.2) is 43.2 Å². The molecule has 0 aromatic carbocycles. The van der Waals surface area contributed by atoms with Crippen molar-refractivity contribution in [1.82, 2.24) is 4.98 Å². The molecule has 0 aliphatic rings. The number of hydrogen-bond donors (Lipinski definition) is 0. The van der Waals surface area contributed by atoms with Crippen LogP contribution in [0, 0.1) is 0 Å². The fraction of sp³-hybridized carbons (Fsp3) is 0.385. The molecule has 0 unspecified atom stereocenters. The maximum Gasteiger partial charge on any atom is 0.356 e. The SMILES string of the molecule is CCOC(=O)c1cc(C(=O)OC)cc(C(=O)OCC)n1. The molecule has 108 valence electrons. The van der Waals surface area contributed by atoms with Crippen LogP contribution in [0.15, 0.2) is 12.1 Å². The first-order chi connectivity index (χ1) is 9.53. The Labute approximate surface area is 115 Å². The summed E-state index contributed by atoms with van der Waals surface area (Å²) in [5, 5.41) is 0. The number of ether oxygens (including phenoxy) is 3. The summed E-state index contributed by atoms with van der Waals surface area (Å²) in [7, 11) is 1.19. The minimum atomic E-state index is -0.733. The third kappa shape index (κ3) is 3.78. The van der Waals surface area contributed by atoms with E-state index in [2.05, 4.69) is 9.72 Å². The quantitative estimate of drug-likeness (QED) is 0.591. The molecule has 0 saturated heterocycles. The number of aromatic nitrogens is 1. The second-order valence-electron chi connectivity index (χ2n) is 3.56. The lowest BCUT2D eigenvalue weighted by molar-refractivity contribution is 0.0511. The van der Waals surface area contributed by atoms with E-state index in [4.69, 9.17) is 9.47 Å². The van der Waals surface area contributed by atoms with E-state index < -0.39 is 17.9 Å². The molecular weight excluding hydrogens is 266 g/mol. The van der Waals surface area contributed by atoms with Gasteiger partial charge in [0, 0.05) is 0 Å². The standard InChI is InChI=1S/C13H15NO6/c1-4-19-12(16)9-6-8(11(15)18-3)7-10(14-9)13(17)20-5-2/h6-7H,4-5H2,1-3H3. The Balaban J connectivity index is 3.24. The second kappa shape index (κ2) is 7.22. The van der Waals surface area contributed by atoms with Gasteiger partial charge in [-0.05, 0) is 26.0 Å². The molecule has 0 radical (unpaired) electrons. The summed E-state index contributed by atoms with van der Waals surface area (Å²) >= 11 is 0. The molecule has 0 aliphatic heterocycles. The first-order valence-electron chi connectivity index (χ1n) is 5.98. The molecule has 0 fully saturated rings. The largest absolute Gasteiger partial charge is 0.465 e. The zero-order valence-corrected chi connectivity index (χ0v) is 11.5. The zero-order valence-electron chi connectivity index (χ0n) is 11.5. The van der Waals surface area contributed by atoms with Crippen molar-refractivity contribution in [2.45, 2.75) is 13.8 Å². The van der Waals surface area contributed by atoms with E-state index in [0.29, 0.717) is 0 Å². The van der Waals surface area contributed by atoms with Gasteiger partial charge in [-0.15, -0.1) is 0 Å². The molecule has 0 spiro atoms. The number of methoxy groups -OCH3 is 1. The Morgan fingerprint density at radius 2 is 1.40 bits per heavy atom. The Hall–Kier alpha value is -2.44. The van der Waals surface area contributed by atoms with Gasteiger partial charge in [0.05, 0.1) is 25.9 Å². The van der Waals surface area contributed by atoms with E-state index in [1.807, 2.05) is 0 Å². The topological polar surface area (TPSA) is 91.8 Å². The summed E-state index contributed by atoms with van der Waals surface area (Å²) in [5.41, 5.74) is -0.288. The molecule has 20 heavy (non-hydrogen) atoms. The van der Waals surface area contributed by atoms with Crippen LogP contribution in [0.4, 0.5) is 0 Å². The lowest BCUT2D eigenvalue weighted by atomic mass is 10.2. The maximum absolute atomic E-state index is 11.7. The van der Waals surface area contributed by atoms with E-state index in [9.17, 15) is 14.4 Å². The van der Waals surface area contributed by atoms with Crippen molar-refractivity contribution in [3.05, 3.63) is 29.1 Å². The van der Waals surface area contributed by atoms with Gasteiger partial charge in [-0.3, -0.25) is 0 Å². The molecule has 1 heterocycles. The molecule has 1 aromatic rings. The van der Waals surface area contributed by atoms with E-state index in [1.54, 1.807) is 13.8 Å². The van der Waals surface area contributed by atoms with Gasteiger partial charge in [-0.2, -0.15) is 0 Å². The van der Waals surface area contributed by atoms with Crippen LogP contribution in [0.3, 0.4) is 0 Å². The first-order valence-corrected chi connectivity index (χ1v) is 5.98. The van der Waals surface area contributed by atoms with Crippen LogP contribution in [-0.2, 0) is 14.2 Å².